The first kappa shape index (κ1) is 11.7. The minimum Gasteiger partial charge on any atom is -0.405 e. The summed E-state index contributed by atoms with van der Waals surface area (Å²) in [5, 5.41) is 0. The second-order valence-corrected chi connectivity index (χ2v) is 1.66. The van der Waals surface area contributed by atoms with Crippen molar-refractivity contribution in [3.05, 3.63) is 24.4 Å². The largest absolute Gasteiger partial charge is 0.405 e. The van der Waals surface area contributed by atoms with Crippen LogP contribution in [0.2, 0.25) is 0 Å². The van der Waals surface area contributed by atoms with Crippen LogP contribution in [0.5, 0.6) is 0 Å². The van der Waals surface area contributed by atoms with Gasteiger partial charge in [0, 0.05) is 0 Å². The number of hydrogen-bond donors (Lipinski definition) is 1. The van der Waals surface area contributed by atoms with Gasteiger partial charge >= 0.3 is 0 Å². The molecule has 58 valence electrons. The maximum absolute atomic E-state index is 9.64. The number of nitrogens with two attached hydrogens (primary N) is 1. The Labute approximate surface area is 62.4 Å². The fraction of sp³-hybridized carbons (Fsp3) is 0.375. The Morgan fingerprint density at radius 1 is 1.70 bits per heavy atom. The van der Waals surface area contributed by atoms with Gasteiger partial charge in [-0.1, -0.05) is 19.6 Å². The monoisotopic (exact) mass is 141 g/mol. The van der Waals surface area contributed by atoms with E-state index in [-0.39, 0.29) is 0 Å². The molecule has 0 aliphatic carbocycles. The molecule has 0 saturated carbocycles. The molecule has 10 heavy (non-hydrogen) atoms. The minimum atomic E-state index is 0.662. The first-order valence-electron chi connectivity index (χ1n) is 3.18. The van der Waals surface area contributed by atoms with Crippen molar-refractivity contribution >= 4 is 6.29 Å². The fourth-order valence-corrected chi connectivity index (χ4v) is 0.0833. The second-order valence-electron chi connectivity index (χ2n) is 1.66. The summed E-state index contributed by atoms with van der Waals surface area (Å²) in [5.74, 6) is 0. The molecule has 0 heterocycles. The fourth-order valence-electron chi connectivity index (χ4n) is 0.0833. The Morgan fingerprint density at radius 2 is 2.10 bits per heavy atom. The lowest BCUT2D eigenvalue weighted by Gasteiger charge is -1.79. The Balaban J connectivity index is 0. The summed E-state index contributed by atoms with van der Waals surface area (Å²) in [5.41, 5.74) is 5.51. The molecule has 2 heteroatoms. The third kappa shape index (κ3) is 15.8. The van der Waals surface area contributed by atoms with Gasteiger partial charge in [0.25, 0.3) is 0 Å². The van der Waals surface area contributed by atoms with Gasteiger partial charge in [-0.15, -0.1) is 0 Å². The van der Waals surface area contributed by atoms with Gasteiger partial charge in [0.05, 0.1) is 0 Å². The maximum Gasteiger partial charge on any atom is 0.145 e. The lowest BCUT2D eigenvalue weighted by atomic mass is 10.3. The zero-order valence-corrected chi connectivity index (χ0v) is 6.63. The van der Waals surface area contributed by atoms with Crippen LogP contribution in [0.1, 0.15) is 20.3 Å². The van der Waals surface area contributed by atoms with Crippen LogP contribution in [-0.2, 0) is 4.79 Å². The SMILES string of the molecule is C/C=C/N.C=C(C=O)CC. The summed E-state index contributed by atoms with van der Waals surface area (Å²) in [6.45, 7) is 7.20. The first-order chi connectivity index (χ1) is 4.72. The maximum atomic E-state index is 9.64. The molecular weight excluding hydrogens is 126 g/mol. The first-order valence-corrected chi connectivity index (χ1v) is 3.18. The summed E-state index contributed by atoms with van der Waals surface area (Å²) in [6.07, 6.45) is 4.82. The van der Waals surface area contributed by atoms with Crippen LogP contribution in [0.4, 0.5) is 0 Å². The number of hydrogen-bond acceptors (Lipinski definition) is 2. The minimum absolute atomic E-state index is 0.662. The number of allylic oxidation sites excluding steroid dienone is 2. The third-order valence-corrected chi connectivity index (χ3v) is 0.813. The molecule has 0 radical (unpaired) electrons. The lowest BCUT2D eigenvalue weighted by molar-refractivity contribution is -0.105. The van der Waals surface area contributed by atoms with Gasteiger partial charge in [-0.3, -0.25) is 4.79 Å². The lowest BCUT2D eigenvalue weighted by Crippen LogP contribution is -1.73. The number of aldehydes is 1. The third-order valence-electron chi connectivity index (χ3n) is 0.813. The van der Waals surface area contributed by atoms with Crippen molar-refractivity contribution in [3.8, 4) is 0 Å². The van der Waals surface area contributed by atoms with Crippen LogP contribution in [0.15, 0.2) is 24.4 Å². The average molecular weight is 141 g/mol. The summed E-state index contributed by atoms with van der Waals surface area (Å²) in [6, 6.07) is 0. The molecule has 0 aromatic heterocycles. The smallest absolute Gasteiger partial charge is 0.145 e. The molecule has 0 atom stereocenters. The van der Waals surface area contributed by atoms with Crippen molar-refractivity contribution in [1.29, 1.82) is 0 Å². The number of carbonyl (C=O) groups excluding carboxylic acids is 1. The standard InChI is InChI=1S/C5H8O.C3H7N/c1-3-5(2)4-6;1-2-3-4/h4H,2-3H2,1H3;2-3H,4H2,1H3/b;3-2+. The highest BCUT2D eigenvalue weighted by molar-refractivity contribution is 5.71. The topological polar surface area (TPSA) is 43.1 Å². The molecule has 0 fully saturated rings. The Hall–Kier alpha value is -1.05. The van der Waals surface area contributed by atoms with Gasteiger partial charge in [-0.05, 0) is 25.1 Å². The van der Waals surface area contributed by atoms with Gasteiger partial charge in [0.1, 0.15) is 6.29 Å². The predicted octanol–water partition coefficient (Wildman–Crippen LogP) is 1.63. The average Bonchev–Trinajstić information content (AvgIpc) is 2.03. The molecule has 0 aliphatic heterocycles. The molecule has 0 spiro atoms. The van der Waals surface area contributed by atoms with E-state index < -0.39 is 0 Å². The van der Waals surface area contributed by atoms with Crippen molar-refractivity contribution in [2.45, 2.75) is 20.3 Å². The predicted molar refractivity (Wildman–Crippen MR) is 44.5 cm³/mol. The van der Waals surface area contributed by atoms with E-state index in [0.717, 1.165) is 12.7 Å². The highest BCUT2D eigenvalue weighted by Gasteiger charge is 1.77. The van der Waals surface area contributed by atoms with Gasteiger partial charge in [-0.2, -0.15) is 0 Å². The van der Waals surface area contributed by atoms with Crippen molar-refractivity contribution in [2.75, 3.05) is 0 Å². The van der Waals surface area contributed by atoms with Crippen LogP contribution in [0.3, 0.4) is 0 Å². The van der Waals surface area contributed by atoms with E-state index in [1.165, 1.54) is 6.20 Å². The van der Waals surface area contributed by atoms with Crippen LogP contribution in [0, 0.1) is 0 Å². The van der Waals surface area contributed by atoms with Gasteiger partial charge in [0.15, 0.2) is 0 Å². The summed E-state index contributed by atoms with van der Waals surface area (Å²) < 4.78 is 0. The Kier molecular flexibility index (Phi) is 12.7. The number of rotatable bonds is 2. The molecule has 0 aromatic carbocycles. The van der Waals surface area contributed by atoms with E-state index in [2.05, 4.69) is 6.58 Å². The molecule has 0 aromatic rings. The molecule has 0 unspecified atom stereocenters. The highest BCUT2D eigenvalue weighted by atomic mass is 16.1. The number of carbonyl (C=O) groups is 1. The van der Waals surface area contributed by atoms with Crippen LogP contribution < -0.4 is 5.73 Å². The van der Waals surface area contributed by atoms with E-state index in [1.54, 1.807) is 6.08 Å². The van der Waals surface area contributed by atoms with Crippen molar-refractivity contribution in [1.82, 2.24) is 0 Å². The van der Waals surface area contributed by atoms with E-state index in [0.29, 0.717) is 5.57 Å². The zero-order valence-electron chi connectivity index (χ0n) is 6.63. The van der Waals surface area contributed by atoms with E-state index >= 15 is 0 Å². The molecular formula is C8H15NO. The normalized spacial score (nSPS) is 8.20. The second kappa shape index (κ2) is 10.8. The molecule has 0 aliphatic rings. The Morgan fingerprint density at radius 3 is 2.10 bits per heavy atom. The molecule has 0 bridgehead atoms. The quantitative estimate of drug-likeness (QED) is 0.469. The van der Waals surface area contributed by atoms with Crippen LogP contribution >= 0.6 is 0 Å². The van der Waals surface area contributed by atoms with Gasteiger partial charge < -0.3 is 5.73 Å². The summed E-state index contributed by atoms with van der Waals surface area (Å²) in [7, 11) is 0. The van der Waals surface area contributed by atoms with E-state index in [4.69, 9.17) is 5.73 Å². The molecule has 0 rings (SSSR count). The molecule has 0 amide bonds. The van der Waals surface area contributed by atoms with Crippen molar-refractivity contribution < 1.29 is 4.79 Å². The molecule has 2 N–H and O–H groups in total. The van der Waals surface area contributed by atoms with Crippen molar-refractivity contribution in [3.63, 3.8) is 0 Å². The van der Waals surface area contributed by atoms with E-state index in [9.17, 15) is 4.79 Å². The molecule has 2 nitrogen and oxygen atoms in total. The van der Waals surface area contributed by atoms with Gasteiger partial charge in [-0.25, -0.2) is 0 Å². The van der Waals surface area contributed by atoms with Crippen LogP contribution in [0.25, 0.3) is 0 Å². The highest BCUT2D eigenvalue weighted by Crippen LogP contribution is 1.86. The van der Waals surface area contributed by atoms with Gasteiger partial charge in [0.2, 0.25) is 0 Å². The Bertz CT molecular complexity index is 112. The zero-order chi connectivity index (χ0) is 8.41. The molecule has 0 saturated heterocycles. The van der Waals surface area contributed by atoms with Crippen LogP contribution in [-0.4, -0.2) is 6.29 Å². The summed E-state index contributed by atoms with van der Waals surface area (Å²) in [4.78, 5) is 9.64. The van der Waals surface area contributed by atoms with E-state index in [1.807, 2.05) is 13.8 Å². The van der Waals surface area contributed by atoms with Crippen molar-refractivity contribution in [2.24, 2.45) is 5.73 Å². The summed E-state index contributed by atoms with van der Waals surface area (Å²) >= 11 is 0.